The summed E-state index contributed by atoms with van der Waals surface area (Å²) in [5.74, 6) is 0.135. The van der Waals surface area contributed by atoms with Crippen LogP contribution in [0.25, 0.3) is 21.9 Å². The lowest BCUT2D eigenvalue weighted by Crippen LogP contribution is -2.15. The number of hydrogen-bond acceptors (Lipinski definition) is 4. The Balaban J connectivity index is 1.73. The molecule has 1 fully saturated rings. The van der Waals surface area contributed by atoms with Gasteiger partial charge in [-0.2, -0.15) is 0 Å². The van der Waals surface area contributed by atoms with Gasteiger partial charge < -0.3 is 10.1 Å². The molecule has 2 heterocycles. The number of alkyl halides is 1. The highest BCUT2D eigenvalue weighted by Gasteiger charge is 2.43. The minimum absolute atomic E-state index is 0.274. The number of anilines is 1. The molecule has 0 bridgehead atoms. The number of halogens is 2. The van der Waals surface area contributed by atoms with Crippen LogP contribution in [0.15, 0.2) is 42.9 Å². The van der Waals surface area contributed by atoms with Crippen LogP contribution in [-0.4, -0.2) is 29.2 Å². The largest absolute Gasteiger partial charge is 0.496 e. The number of hydrogen-bond donors (Lipinski definition) is 1. The second-order valence-electron chi connectivity index (χ2n) is 6.17. The number of amides is 1. The number of nitrogens with one attached hydrogen (secondary N) is 1. The van der Waals surface area contributed by atoms with E-state index in [0.717, 1.165) is 21.9 Å². The molecule has 0 radical (unpaired) electrons. The third-order valence-electron chi connectivity index (χ3n) is 4.40. The number of carbonyl (C=O) groups is 1. The maximum Gasteiger partial charge on any atom is 0.231 e. The van der Waals surface area contributed by atoms with Crippen LogP contribution in [0.5, 0.6) is 5.75 Å². The van der Waals surface area contributed by atoms with E-state index in [-0.39, 0.29) is 12.3 Å². The number of methoxy groups -OCH3 is 1. The van der Waals surface area contributed by atoms with E-state index >= 15 is 0 Å². The monoisotopic (exact) mass is 371 g/mol. The van der Waals surface area contributed by atoms with E-state index in [1.807, 2.05) is 12.1 Å². The first-order valence-corrected chi connectivity index (χ1v) is 8.47. The van der Waals surface area contributed by atoms with Gasteiger partial charge in [0.05, 0.1) is 18.1 Å². The normalized spacial score (nSPS) is 18.6. The Morgan fingerprint density at radius 1 is 1.35 bits per heavy atom. The van der Waals surface area contributed by atoms with Crippen molar-refractivity contribution in [3.63, 3.8) is 0 Å². The van der Waals surface area contributed by atoms with Gasteiger partial charge in [0.2, 0.25) is 5.91 Å². The number of ether oxygens (including phenoxy) is 1. The van der Waals surface area contributed by atoms with Crippen LogP contribution in [0.4, 0.5) is 10.2 Å². The molecular formula is C19H15ClFN3O2. The minimum Gasteiger partial charge on any atom is -0.496 e. The maximum absolute atomic E-state index is 13.0. The molecule has 1 saturated carbocycles. The molecule has 1 amide bonds. The fourth-order valence-corrected chi connectivity index (χ4v) is 3.14. The first-order valence-electron chi connectivity index (χ1n) is 8.09. The predicted molar refractivity (Wildman–Crippen MR) is 98.2 cm³/mol. The zero-order chi connectivity index (χ0) is 18.3. The zero-order valence-corrected chi connectivity index (χ0v) is 14.6. The van der Waals surface area contributed by atoms with Crippen molar-refractivity contribution in [1.82, 2.24) is 9.97 Å². The average Bonchev–Trinajstić information content (AvgIpc) is 3.38. The van der Waals surface area contributed by atoms with Crippen molar-refractivity contribution < 1.29 is 13.9 Å². The number of rotatable bonds is 4. The maximum atomic E-state index is 13.0. The second-order valence-corrected chi connectivity index (χ2v) is 6.58. The zero-order valence-electron chi connectivity index (χ0n) is 13.9. The number of fused-ring (bicyclic) bond motifs is 1. The number of aromatic nitrogens is 2. The summed E-state index contributed by atoms with van der Waals surface area (Å²) in [6.07, 6.45) is 4.18. The van der Waals surface area contributed by atoms with Gasteiger partial charge in [-0.3, -0.25) is 9.78 Å². The lowest BCUT2D eigenvalue weighted by Gasteiger charge is -2.11. The van der Waals surface area contributed by atoms with Crippen LogP contribution in [0, 0.1) is 5.92 Å². The summed E-state index contributed by atoms with van der Waals surface area (Å²) in [7, 11) is 1.59. The first-order chi connectivity index (χ1) is 12.6. The van der Waals surface area contributed by atoms with Crippen LogP contribution in [-0.2, 0) is 4.79 Å². The summed E-state index contributed by atoms with van der Waals surface area (Å²) >= 11 is 6.41. The highest BCUT2D eigenvalue weighted by Crippen LogP contribution is 2.36. The molecule has 0 saturated heterocycles. The van der Waals surface area contributed by atoms with Gasteiger partial charge in [-0.05, 0) is 41.6 Å². The van der Waals surface area contributed by atoms with Gasteiger partial charge in [-0.1, -0.05) is 11.6 Å². The molecule has 3 aromatic rings. The van der Waals surface area contributed by atoms with Gasteiger partial charge >= 0.3 is 0 Å². The molecule has 4 rings (SSSR count). The molecule has 7 heteroatoms. The average molecular weight is 372 g/mol. The molecule has 0 spiro atoms. The molecule has 1 aliphatic rings. The summed E-state index contributed by atoms with van der Waals surface area (Å²) < 4.78 is 18.4. The molecule has 0 aliphatic heterocycles. The smallest absolute Gasteiger partial charge is 0.231 e. The molecule has 132 valence electrons. The highest BCUT2D eigenvalue weighted by molar-refractivity contribution is 6.36. The van der Waals surface area contributed by atoms with Crippen molar-refractivity contribution in [1.29, 1.82) is 0 Å². The third-order valence-corrected chi connectivity index (χ3v) is 4.71. The Labute approximate surface area is 154 Å². The minimum atomic E-state index is -1.05. The molecule has 1 N–H and O–H groups in total. The van der Waals surface area contributed by atoms with E-state index in [9.17, 15) is 9.18 Å². The standard InChI is InChI=1S/C19H15ClFN3O2/c1-26-17-2-3-22-8-14(17)10-4-11-6-18(23-9-13(11)15(20)5-10)24-19(25)12-7-16(12)21/h2-6,8-9,12,16H,7H2,1H3,(H,23,24,25)/t12-,16+/m1/s1. The third kappa shape index (κ3) is 3.08. The van der Waals surface area contributed by atoms with Crippen molar-refractivity contribution >= 4 is 34.1 Å². The molecule has 0 unspecified atom stereocenters. The van der Waals surface area contributed by atoms with Gasteiger partial charge in [0, 0.05) is 29.5 Å². The quantitative estimate of drug-likeness (QED) is 0.744. The Kier molecular flexibility index (Phi) is 4.20. The van der Waals surface area contributed by atoms with Crippen LogP contribution in [0.3, 0.4) is 0 Å². The SMILES string of the molecule is COc1ccncc1-c1cc(Cl)c2cnc(NC(=O)[C@@H]3C[C@@H]3F)cc2c1. The van der Waals surface area contributed by atoms with Crippen molar-refractivity contribution in [2.45, 2.75) is 12.6 Å². The summed E-state index contributed by atoms with van der Waals surface area (Å²) in [5.41, 5.74) is 1.64. The highest BCUT2D eigenvalue weighted by atomic mass is 35.5. The second kappa shape index (κ2) is 6.53. The molecule has 2 atom stereocenters. The molecular weight excluding hydrogens is 357 g/mol. The van der Waals surface area contributed by atoms with Gasteiger partial charge in [0.15, 0.2) is 0 Å². The van der Waals surface area contributed by atoms with E-state index in [2.05, 4.69) is 15.3 Å². The predicted octanol–water partition coefficient (Wildman–Crippen LogP) is 4.26. The fraction of sp³-hybridized carbons (Fsp3) is 0.211. The topological polar surface area (TPSA) is 64.1 Å². The van der Waals surface area contributed by atoms with Crippen molar-refractivity contribution in [3.05, 3.63) is 47.9 Å². The van der Waals surface area contributed by atoms with Gasteiger partial charge in [-0.25, -0.2) is 9.37 Å². The number of carbonyl (C=O) groups excluding carboxylic acids is 1. The van der Waals surface area contributed by atoms with E-state index in [1.54, 1.807) is 37.8 Å². The summed E-state index contributed by atoms with van der Waals surface area (Å²) in [4.78, 5) is 20.3. The Morgan fingerprint density at radius 3 is 2.88 bits per heavy atom. The number of nitrogens with zero attached hydrogens (tertiary/aromatic N) is 2. The lowest BCUT2D eigenvalue weighted by molar-refractivity contribution is -0.117. The summed E-state index contributed by atoms with van der Waals surface area (Å²) in [6.45, 7) is 0. The van der Waals surface area contributed by atoms with E-state index in [0.29, 0.717) is 16.6 Å². The van der Waals surface area contributed by atoms with Crippen molar-refractivity contribution in [3.8, 4) is 16.9 Å². The first kappa shape index (κ1) is 16.7. The Hall–Kier alpha value is -2.73. The van der Waals surface area contributed by atoms with Gasteiger partial charge in [-0.15, -0.1) is 0 Å². The molecule has 1 aliphatic carbocycles. The van der Waals surface area contributed by atoms with Crippen molar-refractivity contribution in [2.24, 2.45) is 5.92 Å². The molecule has 26 heavy (non-hydrogen) atoms. The summed E-state index contributed by atoms with van der Waals surface area (Å²) in [6, 6.07) is 7.24. The number of pyridine rings is 2. The van der Waals surface area contributed by atoms with Crippen LogP contribution < -0.4 is 10.1 Å². The fourth-order valence-electron chi connectivity index (χ4n) is 2.87. The lowest BCUT2D eigenvalue weighted by atomic mass is 10.0. The van der Waals surface area contributed by atoms with Gasteiger partial charge in [0.1, 0.15) is 17.7 Å². The van der Waals surface area contributed by atoms with E-state index in [4.69, 9.17) is 16.3 Å². The number of benzene rings is 1. The molecule has 5 nitrogen and oxygen atoms in total. The summed E-state index contributed by atoms with van der Waals surface area (Å²) in [5, 5.41) is 4.74. The van der Waals surface area contributed by atoms with Crippen LogP contribution in [0.1, 0.15) is 6.42 Å². The molecule has 2 aromatic heterocycles. The van der Waals surface area contributed by atoms with Crippen LogP contribution >= 0.6 is 11.6 Å². The Morgan fingerprint density at radius 2 is 2.15 bits per heavy atom. The van der Waals surface area contributed by atoms with E-state index < -0.39 is 12.1 Å². The molecule has 1 aromatic carbocycles. The van der Waals surface area contributed by atoms with Crippen molar-refractivity contribution in [2.75, 3.05) is 12.4 Å². The Bertz CT molecular complexity index is 1010. The van der Waals surface area contributed by atoms with Crippen LogP contribution in [0.2, 0.25) is 5.02 Å². The van der Waals surface area contributed by atoms with E-state index in [1.165, 1.54) is 0 Å². The van der Waals surface area contributed by atoms with Gasteiger partial charge in [0.25, 0.3) is 0 Å².